The Hall–Kier alpha value is -1.96. The van der Waals surface area contributed by atoms with Gasteiger partial charge in [-0.15, -0.1) is 0 Å². The van der Waals surface area contributed by atoms with Gasteiger partial charge in [-0.25, -0.2) is 14.1 Å². The number of halogens is 1. The maximum atomic E-state index is 13.5. The van der Waals surface area contributed by atoms with Crippen LogP contribution >= 0.6 is 0 Å². The molecule has 0 aliphatic carbocycles. The predicted molar refractivity (Wildman–Crippen MR) is 67.6 cm³/mol. The molecule has 2 rings (SSSR count). The number of rotatable bonds is 4. The number of aromatic nitrogens is 3. The van der Waals surface area contributed by atoms with Crippen LogP contribution in [0.25, 0.3) is 0 Å². The van der Waals surface area contributed by atoms with Gasteiger partial charge in [0.25, 0.3) is 10.0 Å². The van der Waals surface area contributed by atoms with Gasteiger partial charge >= 0.3 is 0 Å². The molecule has 0 saturated carbocycles. The highest BCUT2D eigenvalue weighted by Crippen LogP contribution is 2.18. The molecule has 8 heteroatoms. The molecule has 0 saturated heterocycles. The van der Waals surface area contributed by atoms with E-state index in [4.69, 9.17) is 0 Å². The van der Waals surface area contributed by atoms with E-state index < -0.39 is 20.9 Å². The van der Waals surface area contributed by atoms with Crippen LogP contribution in [0.3, 0.4) is 0 Å². The molecule has 2 aromatic heterocycles. The maximum absolute atomic E-state index is 13.5. The van der Waals surface area contributed by atoms with Crippen molar-refractivity contribution in [1.82, 2.24) is 14.8 Å². The summed E-state index contributed by atoms with van der Waals surface area (Å²) in [5.74, 6) is -0.634. The fraction of sp³-hybridized carbons (Fsp3) is 0.273. The Morgan fingerprint density at radius 3 is 2.68 bits per heavy atom. The van der Waals surface area contributed by atoms with E-state index in [1.54, 1.807) is 0 Å². The molecule has 0 unspecified atom stereocenters. The van der Waals surface area contributed by atoms with Crippen LogP contribution in [0, 0.1) is 5.82 Å². The summed E-state index contributed by atoms with van der Waals surface area (Å²) >= 11 is 0. The number of hydrogen-bond acceptors (Lipinski definition) is 4. The van der Waals surface area contributed by atoms with Crippen molar-refractivity contribution in [3.63, 3.8) is 0 Å². The van der Waals surface area contributed by atoms with Gasteiger partial charge in [0.15, 0.2) is 5.82 Å². The van der Waals surface area contributed by atoms with E-state index in [0.717, 1.165) is 6.07 Å². The third-order valence-corrected chi connectivity index (χ3v) is 3.66. The van der Waals surface area contributed by atoms with E-state index in [-0.39, 0.29) is 11.9 Å². The van der Waals surface area contributed by atoms with Gasteiger partial charge in [0, 0.05) is 18.3 Å². The molecule has 0 spiro atoms. The normalized spacial score (nSPS) is 11.8. The summed E-state index contributed by atoms with van der Waals surface area (Å²) in [6.45, 7) is 3.71. The molecule has 2 heterocycles. The minimum atomic E-state index is -4.07. The molecule has 0 radical (unpaired) electrons. The molecule has 0 aromatic carbocycles. The Labute approximate surface area is 110 Å². The molecule has 1 N–H and O–H groups in total. The molecule has 0 aliphatic heterocycles. The molecule has 0 atom stereocenters. The third-order valence-electron chi connectivity index (χ3n) is 2.38. The van der Waals surface area contributed by atoms with Gasteiger partial charge in [-0.2, -0.15) is 13.5 Å². The summed E-state index contributed by atoms with van der Waals surface area (Å²) in [5.41, 5.74) is 0. The number of hydrogen-bond donors (Lipinski definition) is 1. The molecule has 102 valence electrons. The van der Waals surface area contributed by atoms with Crippen molar-refractivity contribution in [2.75, 3.05) is 4.72 Å². The molecule has 19 heavy (non-hydrogen) atoms. The first-order valence-corrected chi connectivity index (χ1v) is 7.07. The van der Waals surface area contributed by atoms with Crippen LogP contribution in [0.4, 0.5) is 10.2 Å². The van der Waals surface area contributed by atoms with Gasteiger partial charge in [0.05, 0.1) is 6.20 Å². The van der Waals surface area contributed by atoms with Crippen LogP contribution in [0.1, 0.15) is 19.9 Å². The van der Waals surface area contributed by atoms with Gasteiger partial charge in [-0.1, -0.05) is 0 Å². The van der Waals surface area contributed by atoms with Crippen molar-refractivity contribution in [3.8, 4) is 0 Å². The zero-order chi connectivity index (χ0) is 14.0. The van der Waals surface area contributed by atoms with Gasteiger partial charge in [0.1, 0.15) is 5.82 Å². The van der Waals surface area contributed by atoms with E-state index >= 15 is 0 Å². The summed E-state index contributed by atoms with van der Waals surface area (Å²) in [6, 6.07) is 3.84. The van der Waals surface area contributed by atoms with Crippen molar-refractivity contribution >= 4 is 15.8 Å². The topological polar surface area (TPSA) is 76.9 Å². The Bertz CT molecular complexity index is 682. The second-order valence-electron chi connectivity index (χ2n) is 4.15. The average molecular weight is 284 g/mol. The summed E-state index contributed by atoms with van der Waals surface area (Å²) in [4.78, 5) is 3.55. The third kappa shape index (κ3) is 2.73. The van der Waals surface area contributed by atoms with Crippen molar-refractivity contribution in [2.45, 2.75) is 24.9 Å². The zero-order valence-corrected chi connectivity index (χ0v) is 11.2. The predicted octanol–water partition coefficient (Wildman–Crippen LogP) is 1.80. The first kappa shape index (κ1) is 13.5. The van der Waals surface area contributed by atoms with Crippen LogP contribution in [-0.2, 0) is 10.0 Å². The van der Waals surface area contributed by atoms with Crippen molar-refractivity contribution in [3.05, 3.63) is 36.4 Å². The van der Waals surface area contributed by atoms with E-state index in [9.17, 15) is 12.8 Å². The largest absolute Gasteiger partial charge is 0.283 e. The van der Waals surface area contributed by atoms with Gasteiger partial charge in [0.2, 0.25) is 5.03 Å². The highest BCUT2D eigenvalue weighted by atomic mass is 32.2. The number of sulfonamides is 1. The summed E-state index contributed by atoms with van der Waals surface area (Å²) in [5, 5.41) is 3.36. The first-order valence-electron chi connectivity index (χ1n) is 5.58. The molecular weight excluding hydrogens is 271 g/mol. The number of nitrogens with one attached hydrogen (secondary N) is 1. The summed E-state index contributed by atoms with van der Waals surface area (Å²) in [7, 11) is -4.07. The number of anilines is 1. The van der Waals surface area contributed by atoms with Crippen molar-refractivity contribution in [2.24, 2.45) is 0 Å². The highest BCUT2D eigenvalue weighted by Gasteiger charge is 2.22. The summed E-state index contributed by atoms with van der Waals surface area (Å²) in [6.07, 6.45) is 2.68. The molecule has 0 fully saturated rings. The number of nitrogens with zero attached hydrogens (tertiary/aromatic N) is 3. The first-order chi connectivity index (χ1) is 8.92. The standard InChI is InChI=1S/C11H13FN4O2S/c1-8(2)16-10(5-7-14-16)15-19(17,18)11-9(12)4-3-6-13-11/h3-8,15H,1-2H3. The Morgan fingerprint density at radius 1 is 1.32 bits per heavy atom. The van der Waals surface area contributed by atoms with Crippen LogP contribution in [0.2, 0.25) is 0 Å². The fourth-order valence-corrected chi connectivity index (χ4v) is 2.62. The van der Waals surface area contributed by atoms with Gasteiger partial charge in [-0.3, -0.25) is 4.72 Å². The van der Waals surface area contributed by atoms with E-state index in [0.29, 0.717) is 0 Å². The minimum Gasteiger partial charge on any atom is -0.262 e. The Morgan fingerprint density at radius 2 is 2.05 bits per heavy atom. The van der Waals surface area contributed by atoms with Crippen molar-refractivity contribution < 1.29 is 12.8 Å². The maximum Gasteiger partial charge on any atom is 0.283 e. The average Bonchev–Trinajstić information content (AvgIpc) is 2.76. The van der Waals surface area contributed by atoms with Crippen molar-refractivity contribution in [1.29, 1.82) is 0 Å². The van der Waals surface area contributed by atoms with E-state index in [1.807, 2.05) is 13.8 Å². The number of pyridine rings is 1. The molecule has 6 nitrogen and oxygen atoms in total. The van der Waals surface area contributed by atoms with Gasteiger partial charge < -0.3 is 0 Å². The lowest BCUT2D eigenvalue weighted by Gasteiger charge is -2.12. The quantitative estimate of drug-likeness (QED) is 0.928. The molecule has 0 bridgehead atoms. The molecule has 2 aromatic rings. The van der Waals surface area contributed by atoms with Crippen LogP contribution in [0.15, 0.2) is 35.6 Å². The van der Waals surface area contributed by atoms with Gasteiger partial charge in [-0.05, 0) is 26.0 Å². The lowest BCUT2D eigenvalue weighted by molar-refractivity contribution is 0.537. The molecule has 0 amide bonds. The smallest absolute Gasteiger partial charge is 0.262 e. The highest BCUT2D eigenvalue weighted by molar-refractivity contribution is 7.92. The SMILES string of the molecule is CC(C)n1nccc1NS(=O)(=O)c1ncccc1F. The fourth-order valence-electron chi connectivity index (χ4n) is 1.56. The molecule has 0 aliphatic rings. The van der Waals surface area contributed by atoms with Crippen LogP contribution < -0.4 is 4.72 Å². The monoisotopic (exact) mass is 284 g/mol. The Balaban J connectivity index is 2.37. The van der Waals surface area contributed by atoms with E-state index in [2.05, 4.69) is 14.8 Å². The van der Waals surface area contributed by atoms with E-state index in [1.165, 1.54) is 29.2 Å². The zero-order valence-electron chi connectivity index (χ0n) is 10.4. The minimum absolute atomic E-state index is 0.0266. The summed E-state index contributed by atoms with van der Waals surface area (Å²) < 4.78 is 41.3. The molecular formula is C11H13FN4O2S. The lowest BCUT2D eigenvalue weighted by atomic mass is 10.4. The van der Waals surface area contributed by atoms with Crippen LogP contribution in [0.5, 0.6) is 0 Å². The van der Waals surface area contributed by atoms with Crippen LogP contribution in [-0.4, -0.2) is 23.2 Å². The second-order valence-corrected chi connectivity index (χ2v) is 5.75. The second kappa shape index (κ2) is 4.96. The lowest BCUT2D eigenvalue weighted by Crippen LogP contribution is -2.19. The Kier molecular flexibility index (Phi) is 3.52.